The minimum absolute atomic E-state index is 0. The molecule has 1 fully saturated rings. The third kappa shape index (κ3) is 6.45. The molecule has 2 rings (SSSR count). The first-order valence-electron chi connectivity index (χ1n) is 9.09. The summed E-state index contributed by atoms with van der Waals surface area (Å²) in [5, 5.41) is 6.28. The van der Waals surface area contributed by atoms with Crippen LogP contribution in [0.15, 0.2) is 24.3 Å². The van der Waals surface area contributed by atoms with Crippen molar-refractivity contribution < 1.29 is 14.3 Å². The fourth-order valence-electron chi connectivity index (χ4n) is 2.88. The second-order valence-corrected chi connectivity index (χ2v) is 7.89. The van der Waals surface area contributed by atoms with Crippen LogP contribution in [0.25, 0.3) is 0 Å². The molecule has 1 amide bonds. The predicted molar refractivity (Wildman–Crippen MR) is 107 cm³/mol. The average molecular weight is 385 g/mol. The summed E-state index contributed by atoms with van der Waals surface area (Å²) >= 11 is 0. The third-order valence-electron chi connectivity index (χ3n) is 4.66. The van der Waals surface area contributed by atoms with Crippen LogP contribution < -0.4 is 15.4 Å². The maximum Gasteiger partial charge on any atom is 0.237 e. The van der Waals surface area contributed by atoms with Crippen molar-refractivity contribution in [1.29, 1.82) is 0 Å². The molecule has 0 aromatic heterocycles. The number of ether oxygens (including phenoxy) is 2. The minimum atomic E-state index is -0.160. The predicted octanol–water partition coefficient (Wildman–Crippen LogP) is 2.91. The number of hydrogen-bond donors (Lipinski definition) is 2. The molecule has 1 aromatic carbocycles. The molecule has 148 valence electrons. The zero-order chi connectivity index (χ0) is 18.4. The molecule has 26 heavy (non-hydrogen) atoms. The molecule has 0 bridgehead atoms. The van der Waals surface area contributed by atoms with Gasteiger partial charge in [-0.25, -0.2) is 0 Å². The van der Waals surface area contributed by atoms with Crippen LogP contribution in [0.3, 0.4) is 0 Å². The van der Waals surface area contributed by atoms with E-state index in [1.807, 2.05) is 12.1 Å². The Bertz CT molecular complexity index is 561. The number of nitrogens with one attached hydrogen (secondary N) is 2. The first kappa shape index (κ1) is 22.7. The van der Waals surface area contributed by atoms with Crippen molar-refractivity contribution in [2.24, 2.45) is 5.92 Å². The molecule has 1 aliphatic rings. The van der Waals surface area contributed by atoms with Gasteiger partial charge >= 0.3 is 0 Å². The maximum absolute atomic E-state index is 12.3. The van der Waals surface area contributed by atoms with E-state index in [4.69, 9.17) is 9.47 Å². The van der Waals surface area contributed by atoms with E-state index >= 15 is 0 Å². The van der Waals surface area contributed by atoms with Gasteiger partial charge in [-0.2, -0.15) is 0 Å². The highest BCUT2D eigenvalue weighted by atomic mass is 35.5. The summed E-state index contributed by atoms with van der Waals surface area (Å²) in [5.41, 5.74) is 1.03. The number of hydrogen-bond acceptors (Lipinski definition) is 4. The lowest BCUT2D eigenvalue weighted by atomic mass is 9.84. The van der Waals surface area contributed by atoms with Crippen LogP contribution in [0.5, 0.6) is 5.75 Å². The van der Waals surface area contributed by atoms with Crippen molar-refractivity contribution >= 4 is 18.3 Å². The fourth-order valence-corrected chi connectivity index (χ4v) is 2.88. The lowest BCUT2D eigenvalue weighted by Crippen LogP contribution is -2.45. The number of benzene rings is 1. The lowest BCUT2D eigenvalue weighted by molar-refractivity contribution is -0.123. The van der Waals surface area contributed by atoms with Crippen molar-refractivity contribution in [3.63, 3.8) is 0 Å². The standard InChI is InChI=1S/C20H32N2O3.ClH/c1-14(2)12-25-16-8-6-15(7-9-16)20(3,4)13-22-19(23)18-10-17(24-5)11-21-18;/h6-9,14,17-18,21H,10-13H2,1-5H3,(H,22,23);1H/t17-,18+;/m0./s1. The number of methoxy groups -OCH3 is 1. The maximum atomic E-state index is 12.3. The number of carbonyl (C=O) groups excluding carboxylic acids is 1. The van der Waals surface area contributed by atoms with Crippen LogP contribution >= 0.6 is 12.4 Å². The molecule has 2 atom stereocenters. The number of rotatable bonds is 8. The van der Waals surface area contributed by atoms with Crippen LogP contribution in [0.2, 0.25) is 0 Å². The number of halogens is 1. The smallest absolute Gasteiger partial charge is 0.237 e. The Balaban J connectivity index is 0.00000338. The summed E-state index contributed by atoms with van der Waals surface area (Å²) in [6.45, 7) is 10.6. The van der Waals surface area contributed by atoms with Gasteiger partial charge in [-0.3, -0.25) is 4.79 Å². The molecule has 0 radical (unpaired) electrons. The van der Waals surface area contributed by atoms with Gasteiger partial charge in [-0.15, -0.1) is 12.4 Å². The Morgan fingerprint density at radius 1 is 1.31 bits per heavy atom. The highest BCUT2D eigenvalue weighted by molar-refractivity contribution is 5.85. The Kier molecular flexibility index (Phi) is 8.87. The van der Waals surface area contributed by atoms with Gasteiger partial charge in [0.2, 0.25) is 5.91 Å². The van der Waals surface area contributed by atoms with E-state index in [0.717, 1.165) is 25.3 Å². The summed E-state index contributed by atoms with van der Waals surface area (Å²) in [7, 11) is 1.68. The van der Waals surface area contributed by atoms with Crippen molar-refractivity contribution in [1.82, 2.24) is 10.6 Å². The van der Waals surface area contributed by atoms with Gasteiger partial charge in [0.25, 0.3) is 0 Å². The molecule has 1 heterocycles. The van der Waals surface area contributed by atoms with E-state index in [-0.39, 0.29) is 35.9 Å². The molecular formula is C20H33ClN2O3. The first-order valence-corrected chi connectivity index (χ1v) is 9.09. The first-order chi connectivity index (χ1) is 11.8. The zero-order valence-electron chi connectivity index (χ0n) is 16.5. The van der Waals surface area contributed by atoms with Gasteiger partial charge in [-0.05, 0) is 30.0 Å². The van der Waals surface area contributed by atoms with Crippen molar-refractivity contribution in [2.45, 2.75) is 51.7 Å². The van der Waals surface area contributed by atoms with E-state index in [0.29, 0.717) is 12.5 Å². The van der Waals surface area contributed by atoms with Crippen LogP contribution in [-0.2, 0) is 14.9 Å². The van der Waals surface area contributed by atoms with Crippen LogP contribution in [-0.4, -0.2) is 44.9 Å². The SMILES string of the molecule is CO[C@@H]1CN[C@@H](C(=O)NCC(C)(C)c2ccc(OCC(C)C)cc2)C1.Cl. The average Bonchev–Trinajstić information content (AvgIpc) is 3.07. The Morgan fingerprint density at radius 2 is 1.96 bits per heavy atom. The molecule has 1 aromatic rings. The molecule has 0 aliphatic carbocycles. The summed E-state index contributed by atoms with van der Waals surface area (Å²) in [6, 6.07) is 8.01. The molecule has 0 spiro atoms. The summed E-state index contributed by atoms with van der Waals surface area (Å²) in [6.07, 6.45) is 0.854. The zero-order valence-corrected chi connectivity index (χ0v) is 17.3. The topological polar surface area (TPSA) is 59.6 Å². The van der Waals surface area contributed by atoms with Gasteiger partial charge in [0, 0.05) is 25.6 Å². The normalized spacial score (nSPS) is 19.9. The van der Waals surface area contributed by atoms with Gasteiger partial charge in [0.05, 0.1) is 18.8 Å². The Labute approximate surface area is 163 Å². The summed E-state index contributed by atoms with van der Waals surface area (Å²) < 4.78 is 11.0. The molecule has 1 aliphatic heterocycles. The van der Waals surface area contributed by atoms with E-state index in [9.17, 15) is 4.79 Å². The molecule has 5 nitrogen and oxygen atoms in total. The Morgan fingerprint density at radius 3 is 2.50 bits per heavy atom. The summed E-state index contributed by atoms with van der Waals surface area (Å²) in [5.74, 6) is 1.44. The van der Waals surface area contributed by atoms with Gasteiger partial charge in [-0.1, -0.05) is 39.8 Å². The summed E-state index contributed by atoms with van der Waals surface area (Å²) in [4.78, 5) is 12.3. The quantitative estimate of drug-likeness (QED) is 0.723. The second kappa shape index (κ2) is 10.1. The van der Waals surface area contributed by atoms with Crippen LogP contribution in [0.4, 0.5) is 0 Å². The van der Waals surface area contributed by atoms with Gasteiger partial charge in [0.1, 0.15) is 5.75 Å². The molecule has 6 heteroatoms. The molecule has 2 N–H and O–H groups in total. The molecule has 0 unspecified atom stereocenters. The number of carbonyl (C=O) groups is 1. The lowest BCUT2D eigenvalue weighted by Gasteiger charge is -2.26. The van der Waals surface area contributed by atoms with Crippen LogP contribution in [0, 0.1) is 5.92 Å². The van der Waals surface area contributed by atoms with Crippen LogP contribution in [0.1, 0.15) is 39.7 Å². The second-order valence-electron chi connectivity index (χ2n) is 7.89. The van der Waals surface area contributed by atoms with Crippen molar-refractivity contribution in [3.05, 3.63) is 29.8 Å². The van der Waals surface area contributed by atoms with E-state index < -0.39 is 0 Å². The van der Waals surface area contributed by atoms with Gasteiger partial charge < -0.3 is 20.1 Å². The largest absolute Gasteiger partial charge is 0.493 e. The van der Waals surface area contributed by atoms with E-state index in [1.54, 1.807) is 7.11 Å². The fraction of sp³-hybridized carbons (Fsp3) is 0.650. The van der Waals surface area contributed by atoms with Gasteiger partial charge in [0.15, 0.2) is 0 Å². The Hall–Kier alpha value is -1.30. The number of amides is 1. The van der Waals surface area contributed by atoms with Crippen molar-refractivity contribution in [2.75, 3.05) is 26.8 Å². The highest BCUT2D eigenvalue weighted by Gasteiger charge is 2.30. The molecule has 0 saturated carbocycles. The molecule has 1 saturated heterocycles. The van der Waals surface area contributed by atoms with E-state index in [1.165, 1.54) is 5.56 Å². The minimum Gasteiger partial charge on any atom is -0.493 e. The monoisotopic (exact) mass is 384 g/mol. The highest BCUT2D eigenvalue weighted by Crippen LogP contribution is 2.25. The third-order valence-corrected chi connectivity index (χ3v) is 4.66. The van der Waals surface area contributed by atoms with Crippen molar-refractivity contribution in [3.8, 4) is 5.75 Å². The molecular weight excluding hydrogens is 352 g/mol. The van der Waals surface area contributed by atoms with E-state index in [2.05, 4.69) is 50.5 Å².